The van der Waals surface area contributed by atoms with Crippen molar-refractivity contribution in [1.29, 1.82) is 0 Å². The maximum atomic E-state index is 13.0. The first kappa shape index (κ1) is 15.9. The van der Waals surface area contributed by atoms with E-state index in [4.69, 9.17) is 9.47 Å². The SMILES string of the molecule is CCOCCOC1CCN(C(=O)c2cccc(F)n2)CC1. The lowest BCUT2D eigenvalue weighted by molar-refractivity contribution is -0.0183. The summed E-state index contributed by atoms with van der Waals surface area (Å²) in [5, 5.41) is 0. The molecule has 0 saturated carbocycles. The molecule has 0 atom stereocenters. The van der Waals surface area contributed by atoms with Gasteiger partial charge in [0, 0.05) is 19.7 Å². The number of nitrogens with zero attached hydrogens (tertiary/aromatic N) is 2. The van der Waals surface area contributed by atoms with E-state index in [9.17, 15) is 9.18 Å². The number of halogens is 1. The van der Waals surface area contributed by atoms with Gasteiger partial charge in [-0.15, -0.1) is 0 Å². The molecule has 0 unspecified atom stereocenters. The summed E-state index contributed by atoms with van der Waals surface area (Å²) < 4.78 is 24.0. The predicted molar refractivity (Wildman–Crippen MR) is 75.6 cm³/mol. The molecule has 1 amide bonds. The van der Waals surface area contributed by atoms with Gasteiger partial charge in [-0.1, -0.05) is 6.07 Å². The van der Waals surface area contributed by atoms with Crippen LogP contribution in [0, 0.1) is 5.95 Å². The number of piperidine rings is 1. The molecule has 2 heterocycles. The average Bonchev–Trinajstić information content (AvgIpc) is 2.51. The highest BCUT2D eigenvalue weighted by atomic mass is 19.1. The maximum Gasteiger partial charge on any atom is 0.272 e. The van der Waals surface area contributed by atoms with Crippen LogP contribution in [0.1, 0.15) is 30.3 Å². The summed E-state index contributed by atoms with van der Waals surface area (Å²) >= 11 is 0. The fourth-order valence-electron chi connectivity index (χ4n) is 2.33. The lowest BCUT2D eigenvalue weighted by Gasteiger charge is -2.31. The lowest BCUT2D eigenvalue weighted by Crippen LogP contribution is -2.41. The number of carbonyl (C=O) groups is 1. The molecule has 116 valence electrons. The quantitative estimate of drug-likeness (QED) is 0.594. The number of aromatic nitrogens is 1. The first-order valence-electron chi connectivity index (χ1n) is 7.32. The van der Waals surface area contributed by atoms with Crippen molar-refractivity contribution in [3.05, 3.63) is 29.8 Å². The minimum Gasteiger partial charge on any atom is -0.379 e. The van der Waals surface area contributed by atoms with E-state index in [2.05, 4.69) is 4.98 Å². The predicted octanol–water partition coefficient (Wildman–Crippen LogP) is 1.88. The molecule has 21 heavy (non-hydrogen) atoms. The second-order valence-corrected chi connectivity index (χ2v) is 4.90. The van der Waals surface area contributed by atoms with Gasteiger partial charge in [0.2, 0.25) is 5.95 Å². The van der Waals surface area contributed by atoms with Crippen molar-refractivity contribution in [2.24, 2.45) is 0 Å². The summed E-state index contributed by atoms with van der Waals surface area (Å²) in [5.74, 6) is -0.850. The van der Waals surface area contributed by atoms with E-state index in [1.165, 1.54) is 18.2 Å². The Labute approximate surface area is 124 Å². The molecule has 0 bridgehead atoms. The topological polar surface area (TPSA) is 51.7 Å². The van der Waals surface area contributed by atoms with Crippen LogP contribution in [0.5, 0.6) is 0 Å². The highest BCUT2D eigenvalue weighted by Gasteiger charge is 2.24. The van der Waals surface area contributed by atoms with E-state index >= 15 is 0 Å². The van der Waals surface area contributed by atoms with E-state index in [0.29, 0.717) is 32.9 Å². The van der Waals surface area contributed by atoms with Crippen molar-refractivity contribution >= 4 is 5.91 Å². The normalized spacial score (nSPS) is 16.2. The van der Waals surface area contributed by atoms with Crippen LogP contribution in [0.25, 0.3) is 0 Å². The minimum atomic E-state index is -0.630. The first-order chi connectivity index (χ1) is 10.2. The second-order valence-electron chi connectivity index (χ2n) is 4.90. The lowest BCUT2D eigenvalue weighted by atomic mass is 10.1. The van der Waals surface area contributed by atoms with Gasteiger partial charge >= 0.3 is 0 Å². The summed E-state index contributed by atoms with van der Waals surface area (Å²) in [5.41, 5.74) is 0.158. The molecule has 5 nitrogen and oxygen atoms in total. The molecular formula is C15H21FN2O3. The minimum absolute atomic E-state index is 0.158. The zero-order chi connectivity index (χ0) is 15.1. The summed E-state index contributed by atoms with van der Waals surface area (Å²) in [7, 11) is 0. The zero-order valence-corrected chi connectivity index (χ0v) is 12.3. The molecule has 0 aromatic carbocycles. The Hall–Kier alpha value is -1.53. The van der Waals surface area contributed by atoms with Crippen LogP contribution in [-0.2, 0) is 9.47 Å². The third-order valence-electron chi connectivity index (χ3n) is 3.45. The number of carbonyl (C=O) groups excluding carboxylic acids is 1. The van der Waals surface area contributed by atoms with Crippen molar-refractivity contribution in [1.82, 2.24) is 9.88 Å². The van der Waals surface area contributed by atoms with Gasteiger partial charge in [-0.2, -0.15) is 4.39 Å². The zero-order valence-electron chi connectivity index (χ0n) is 12.3. The molecule has 2 rings (SSSR count). The summed E-state index contributed by atoms with van der Waals surface area (Å²) in [6.07, 6.45) is 1.73. The summed E-state index contributed by atoms with van der Waals surface area (Å²) in [6, 6.07) is 4.27. The van der Waals surface area contributed by atoms with E-state index < -0.39 is 5.95 Å². The molecule has 1 saturated heterocycles. The van der Waals surface area contributed by atoms with Crippen molar-refractivity contribution in [2.75, 3.05) is 32.9 Å². The Balaban J connectivity index is 1.77. The van der Waals surface area contributed by atoms with Gasteiger partial charge in [0.15, 0.2) is 0 Å². The maximum absolute atomic E-state index is 13.0. The van der Waals surface area contributed by atoms with Crippen LogP contribution in [0.15, 0.2) is 18.2 Å². The van der Waals surface area contributed by atoms with Gasteiger partial charge in [-0.3, -0.25) is 4.79 Å². The number of amides is 1. The average molecular weight is 296 g/mol. The van der Waals surface area contributed by atoms with Crippen LogP contribution in [0.4, 0.5) is 4.39 Å². The Morgan fingerprint density at radius 2 is 2.14 bits per heavy atom. The molecule has 6 heteroatoms. The third-order valence-corrected chi connectivity index (χ3v) is 3.45. The standard InChI is InChI=1S/C15H21FN2O3/c1-2-20-10-11-21-12-6-8-18(9-7-12)15(19)13-4-3-5-14(16)17-13/h3-5,12H,2,6-11H2,1H3. The van der Waals surface area contributed by atoms with Crippen LogP contribution in [0.3, 0.4) is 0 Å². The van der Waals surface area contributed by atoms with Gasteiger partial charge in [0.05, 0.1) is 19.3 Å². The van der Waals surface area contributed by atoms with Crippen molar-refractivity contribution < 1.29 is 18.7 Å². The fourth-order valence-corrected chi connectivity index (χ4v) is 2.33. The number of hydrogen-bond donors (Lipinski definition) is 0. The molecule has 0 radical (unpaired) electrons. The van der Waals surface area contributed by atoms with Crippen LogP contribution >= 0.6 is 0 Å². The number of ether oxygens (including phenoxy) is 2. The van der Waals surface area contributed by atoms with Crippen molar-refractivity contribution in [3.8, 4) is 0 Å². The molecule has 0 aliphatic carbocycles. The highest BCUT2D eigenvalue weighted by molar-refractivity contribution is 5.92. The third kappa shape index (κ3) is 4.75. The fraction of sp³-hybridized carbons (Fsp3) is 0.600. The number of pyridine rings is 1. The van der Waals surface area contributed by atoms with E-state index in [-0.39, 0.29) is 17.7 Å². The van der Waals surface area contributed by atoms with E-state index in [1.807, 2.05) is 6.92 Å². The first-order valence-corrected chi connectivity index (χ1v) is 7.32. The highest BCUT2D eigenvalue weighted by Crippen LogP contribution is 2.15. The van der Waals surface area contributed by atoms with Crippen LogP contribution in [-0.4, -0.2) is 54.8 Å². The number of likely N-dealkylation sites (tertiary alicyclic amines) is 1. The Kier molecular flexibility index (Phi) is 6.07. The number of rotatable bonds is 6. The van der Waals surface area contributed by atoms with E-state index in [1.54, 1.807) is 4.90 Å². The Bertz CT molecular complexity index is 462. The molecule has 0 spiro atoms. The summed E-state index contributed by atoms with van der Waals surface area (Å²) in [4.78, 5) is 17.5. The van der Waals surface area contributed by atoms with Crippen molar-refractivity contribution in [3.63, 3.8) is 0 Å². The van der Waals surface area contributed by atoms with Gasteiger partial charge in [-0.05, 0) is 31.9 Å². The van der Waals surface area contributed by atoms with Gasteiger partial charge in [0.25, 0.3) is 5.91 Å². The van der Waals surface area contributed by atoms with E-state index in [0.717, 1.165) is 12.8 Å². The Morgan fingerprint density at radius 1 is 1.38 bits per heavy atom. The molecule has 1 aromatic heterocycles. The van der Waals surface area contributed by atoms with Crippen molar-refractivity contribution in [2.45, 2.75) is 25.9 Å². The molecule has 1 aliphatic rings. The largest absolute Gasteiger partial charge is 0.379 e. The molecule has 1 aromatic rings. The van der Waals surface area contributed by atoms with Gasteiger partial charge in [0.1, 0.15) is 5.69 Å². The monoisotopic (exact) mass is 296 g/mol. The summed E-state index contributed by atoms with van der Waals surface area (Å²) in [6.45, 7) is 5.04. The smallest absolute Gasteiger partial charge is 0.272 e. The van der Waals surface area contributed by atoms with Crippen LogP contribution in [0.2, 0.25) is 0 Å². The second kappa shape index (κ2) is 8.05. The molecule has 1 fully saturated rings. The Morgan fingerprint density at radius 3 is 2.81 bits per heavy atom. The van der Waals surface area contributed by atoms with Gasteiger partial charge in [-0.25, -0.2) is 4.98 Å². The molecule has 0 N–H and O–H groups in total. The molecule has 1 aliphatic heterocycles. The number of hydrogen-bond acceptors (Lipinski definition) is 4. The molecular weight excluding hydrogens is 275 g/mol. The van der Waals surface area contributed by atoms with Crippen LogP contribution < -0.4 is 0 Å². The van der Waals surface area contributed by atoms with Gasteiger partial charge < -0.3 is 14.4 Å².